The highest BCUT2D eigenvalue weighted by molar-refractivity contribution is 5.96. The van der Waals surface area contributed by atoms with Crippen LogP contribution in [0.25, 0.3) is 0 Å². The topological polar surface area (TPSA) is 231 Å². The van der Waals surface area contributed by atoms with Crippen molar-refractivity contribution < 1.29 is 72.2 Å². The van der Waals surface area contributed by atoms with Crippen molar-refractivity contribution in [2.75, 3.05) is 27.2 Å². The summed E-state index contributed by atoms with van der Waals surface area (Å²) in [7, 11) is 3.29. The van der Waals surface area contributed by atoms with Crippen molar-refractivity contribution in [2.24, 2.45) is 16.7 Å². The lowest BCUT2D eigenvalue weighted by atomic mass is 9.44. The zero-order valence-electron chi connectivity index (χ0n) is 39.7. The van der Waals surface area contributed by atoms with E-state index in [-0.39, 0.29) is 42.7 Å². The second-order valence-corrected chi connectivity index (χ2v) is 19.2. The molecule has 2 saturated carbocycles. The van der Waals surface area contributed by atoms with Crippen LogP contribution in [0.4, 0.5) is 0 Å². The number of carbonyl (C=O) groups excluding carboxylic acids is 7. The third-order valence-corrected chi connectivity index (χ3v) is 14.2. The molecule has 6 rings (SSSR count). The number of benzene rings is 2. The van der Waals surface area contributed by atoms with Crippen LogP contribution >= 0.6 is 0 Å². The van der Waals surface area contributed by atoms with Gasteiger partial charge < -0.3 is 44.0 Å². The van der Waals surface area contributed by atoms with Crippen LogP contribution < -0.4 is 5.32 Å². The molecule has 364 valence electrons. The number of Topliss-reactive ketones (excluding diaryl/α,β-unsaturated/α-hetero) is 1. The first-order valence-corrected chi connectivity index (χ1v) is 22.8. The first kappa shape index (κ1) is 50.9. The van der Waals surface area contributed by atoms with E-state index in [9.17, 15) is 39.0 Å². The molecule has 1 heterocycles. The van der Waals surface area contributed by atoms with E-state index >= 15 is 4.79 Å². The number of esters is 5. The summed E-state index contributed by atoms with van der Waals surface area (Å²) in [6, 6.07) is 14.9. The van der Waals surface area contributed by atoms with Crippen molar-refractivity contribution in [3.63, 3.8) is 0 Å². The van der Waals surface area contributed by atoms with Gasteiger partial charge in [0.15, 0.2) is 23.6 Å². The summed E-state index contributed by atoms with van der Waals surface area (Å²) in [6.45, 7) is 9.82. The number of likely N-dealkylation sites (N-methyl/N-ethyl adjacent to an activating group) is 1. The summed E-state index contributed by atoms with van der Waals surface area (Å²) in [5.74, 6) is -7.44. The summed E-state index contributed by atoms with van der Waals surface area (Å²) < 4.78 is 37.1. The number of ether oxygens (including phenoxy) is 6. The SMILES string of the molecule is CCCCCC(=O)NC(c1ccccc1)[C@H](O)C(=O)O[C@H]1C[C@@]2(O)C(OC(=O)c3ccccc3)C3[C@]4(OC(C)=O)COC4C[C@H](OC(=O)CN(C)C)[C@@]3(C)C(=O)[C@H](OC(C)=O)C(=C1C)C2(C)C. The third kappa shape index (κ3) is 9.65. The van der Waals surface area contributed by atoms with E-state index in [2.05, 4.69) is 5.32 Å². The molecule has 4 aliphatic rings. The zero-order chi connectivity index (χ0) is 49.2. The molecular formula is C50H64N2O15. The third-order valence-electron chi connectivity index (χ3n) is 14.2. The Morgan fingerprint density at radius 3 is 2.10 bits per heavy atom. The lowest BCUT2D eigenvalue weighted by molar-refractivity contribution is -0.346. The molecule has 2 aromatic rings. The normalized spacial score (nSPS) is 30.4. The Kier molecular flexibility index (Phi) is 15.2. The number of aliphatic hydroxyl groups is 2. The smallest absolute Gasteiger partial charge is 0.338 e. The van der Waals surface area contributed by atoms with Gasteiger partial charge in [0.2, 0.25) is 5.91 Å². The van der Waals surface area contributed by atoms with E-state index < -0.39 is 119 Å². The molecule has 0 radical (unpaired) electrons. The Morgan fingerprint density at radius 1 is 0.896 bits per heavy atom. The summed E-state index contributed by atoms with van der Waals surface area (Å²) in [6.07, 6.45) is -8.05. The highest BCUT2D eigenvalue weighted by atomic mass is 16.6. The number of amides is 1. The number of carbonyl (C=O) groups is 7. The lowest BCUT2D eigenvalue weighted by Gasteiger charge is -2.67. The van der Waals surface area contributed by atoms with Gasteiger partial charge in [-0.25, -0.2) is 9.59 Å². The van der Waals surface area contributed by atoms with Crippen LogP contribution in [0.2, 0.25) is 0 Å². The van der Waals surface area contributed by atoms with Crippen LogP contribution in [0.1, 0.15) is 109 Å². The summed E-state index contributed by atoms with van der Waals surface area (Å²) in [4.78, 5) is 99.8. The van der Waals surface area contributed by atoms with Crippen molar-refractivity contribution in [3.05, 3.63) is 82.9 Å². The van der Waals surface area contributed by atoms with Crippen molar-refractivity contribution in [3.8, 4) is 0 Å². The van der Waals surface area contributed by atoms with Gasteiger partial charge in [0, 0.05) is 38.5 Å². The van der Waals surface area contributed by atoms with Gasteiger partial charge in [-0.1, -0.05) is 82.1 Å². The van der Waals surface area contributed by atoms with Crippen LogP contribution in [0.15, 0.2) is 71.8 Å². The average Bonchev–Trinajstić information content (AvgIpc) is 3.26. The predicted molar refractivity (Wildman–Crippen MR) is 238 cm³/mol. The molecule has 3 N–H and O–H groups in total. The number of hydrogen-bond acceptors (Lipinski definition) is 16. The minimum Gasteiger partial charge on any atom is -0.460 e. The fourth-order valence-electron chi connectivity index (χ4n) is 10.8. The van der Waals surface area contributed by atoms with E-state index in [1.54, 1.807) is 81.4 Å². The first-order valence-electron chi connectivity index (χ1n) is 22.8. The minimum atomic E-state index is -2.43. The monoisotopic (exact) mass is 932 g/mol. The number of nitrogens with zero attached hydrogens (tertiary/aromatic N) is 1. The maximum absolute atomic E-state index is 16.0. The molecule has 1 amide bonds. The van der Waals surface area contributed by atoms with Crippen molar-refractivity contribution >= 4 is 41.5 Å². The van der Waals surface area contributed by atoms with Crippen LogP contribution in [-0.2, 0) is 57.2 Å². The van der Waals surface area contributed by atoms with Crippen LogP contribution in [0, 0.1) is 16.7 Å². The Bertz CT molecular complexity index is 2250. The zero-order valence-corrected chi connectivity index (χ0v) is 39.7. The first-order chi connectivity index (χ1) is 31.5. The molecule has 17 heteroatoms. The van der Waals surface area contributed by atoms with E-state index in [0.29, 0.717) is 12.0 Å². The van der Waals surface area contributed by atoms with E-state index in [1.165, 1.54) is 26.0 Å². The molecule has 3 aliphatic carbocycles. The van der Waals surface area contributed by atoms with Gasteiger partial charge in [0.1, 0.15) is 30.0 Å². The Labute approximate surface area is 390 Å². The number of rotatable bonds is 16. The molecule has 0 spiro atoms. The standard InChI is InChI=1S/C50H64N2O15/c1-10-11-14-23-36(55)51-39(31-19-15-12-16-20-31)40(57)46(60)64-33-25-50(61)44(66-45(59)32-21-17-13-18-22-32)42-48(7,43(58)41(63-29(3)53)38(28(33)2)47(50,5)6)34(65-37(56)26-52(8)9)24-35-49(42,27-62-35)67-30(4)54/h12-13,15-22,33-35,39-42,44,57,61H,10-11,14,23-27H2,1-9H3,(H,51,55)/t33-,34-,35?,39?,40-,41+,42?,44?,48+,49-,50+/m0/s1. The average molecular weight is 933 g/mol. The van der Waals surface area contributed by atoms with Crippen LogP contribution in [-0.4, -0.2) is 132 Å². The highest BCUT2D eigenvalue weighted by Crippen LogP contribution is 2.65. The van der Waals surface area contributed by atoms with E-state index in [0.717, 1.165) is 26.7 Å². The molecule has 17 nitrogen and oxygen atoms in total. The number of unbranched alkanes of at least 4 members (excludes halogenated alkanes) is 2. The number of ketones is 1. The maximum atomic E-state index is 16.0. The van der Waals surface area contributed by atoms with Crippen molar-refractivity contribution in [1.82, 2.24) is 10.2 Å². The van der Waals surface area contributed by atoms with Gasteiger partial charge in [0.25, 0.3) is 0 Å². The molecule has 67 heavy (non-hydrogen) atoms. The van der Waals surface area contributed by atoms with Gasteiger partial charge in [-0.05, 0) is 63.2 Å². The van der Waals surface area contributed by atoms with Gasteiger partial charge >= 0.3 is 29.8 Å². The largest absolute Gasteiger partial charge is 0.460 e. The number of aliphatic hydroxyl groups excluding tert-OH is 1. The van der Waals surface area contributed by atoms with Crippen LogP contribution in [0.3, 0.4) is 0 Å². The molecule has 3 fully saturated rings. The molecule has 2 aromatic carbocycles. The van der Waals surface area contributed by atoms with Gasteiger partial charge in [0.05, 0.1) is 36.1 Å². The summed E-state index contributed by atoms with van der Waals surface area (Å²) in [5.41, 5.74) is -7.41. The molecule has 0 aromatic heterocycles. The summed E-state index contributed by atoms with van der Waals surface area (Å²) in [5, 5.41) is 28.5. The molecule has 4 unspecified atom stereocenters. The van der Waals surface area contributed by atoms with Crippen molar-refractivity contribution in [2.45, 2.75) is 141 Å². The summed E-state index contributed by atoms with van der Waals surface area (Å²) >= 11 is 0. The molecule has 11 atom stereocenters. The number of hydrogen-bond donors (Lipinski definition) is 3. The Balaban J connectivity index is 1.57. The fraction of sp³-hybridized carbons (Fsp3) is 0.580. The highest BCUT2D eigenvalue weighted by Gasteiger charge is 2.79. The number of fused-ring (bicyclic) bond motifs is 5. The Morgan fingerprint density at radius 2 is 1.54 bits per heavy atom. The quantitative estimate of drug-likeness (QED) is 0.0931. The van der Waals surface area contributed by atoms with Crippen LogP contribution in [0.5, 0.6) is 0 Å². The molecule has 1 aliphatic heterocycles. The molecule has 1 saturated heterocycles. The second-order valence-electron chi connectivity index (χ2n) is 19.2. The van der Waals surface area contributed by atoms with Gasteiger partial charge in [-0.3, -0.25) is 28.9 Å². The second kappa shape index (κ2) is 20.0. The maximum Gasteiger partial charge on any atom is 0.338 e. The van der Waals surface area contributed by atoms with Crippen molar-refractivity contribution in [1.29, 1.82) is 0 Å². The van der Waals surface area contributed by atoms with Gasteiger partial charge in [-0.15, -0.1) is 0 Å². The number of nitrogens with one attached hydrogen (secondary N) is 1. The molecule has 2 bridgehead atoms. The van der Waals surface area contributed by atoms with Gasteiger partial charge in [-0.2, -0.15) is 0 Å². The minimum absolute atomic E-state index is 0.00935. The lowest BCUT2D eigenvalue weighted by Crippen LogP contribution is -2.82. The predicted octanol–water partition coefficient (Wildman–Crippen LogP) is 4.11. The van der Waals surface area contributed by atoms with E-state index in [4.69, 9.17) is 28.4 Å². The van der Waals surface area contributed by atoms with E-state index in [1.807, 2.05) is 6.92 Å². The Hall–Kier alpha value is -5.49. The fourth-order valence-corrected chi connectivity index (χ4v) is 10.8. The molecular weight excluding hydrogens is 869 g/mol.